The SMILES string of the molecule is C[C@H](CNC(=O)c1ccccc1)C(F)(F)F. The second kappa shape index (κ2) is 5.01. The van der Waals surface area contributed by atoms with Gasteiger partial charge in [0.25, 0.3) is 5.91 Å². The first-order valence-electron chi connectivity index (χ1n) is 4.81. The van der Waals surface area contributed by atoms with Gasteiger partial charge in [-0.15, -0.1) is 0 Å². The van der Waals surface area contributed by atoms with Crippen molar-refractivity contribution >= 4 is 5.91 Å². The molecule has 1 atom stereocenters. The summed E-state index contributed by atoms with van der Waals surface area (Å²) in [6.45, 7) is 0.627. The van der Waals surface area contributed by atoms with Crippen molar-refractivity contribution < 1.29 is 18.0 Å². The second-order valence-corrected chi connectivity index (χ2v) is 3.52. The van der Waals surface area contributed by atoms with E-state index in [0.29, 0.717) is 5.56 Å². The highest BCUT2D eigenvalue weighted by atomic mass is 19.4. The molecule has 0 bridgehead atoms. The Morgan fingerprint density at radius 2 is 1.88 bits per heavy atom. The van der Waals surface area contributed by atoms with Crippen LogP contribution in [0, 0.1) is 5.92 Å². The first-order valence-corrected chi connectivity index (χ1v) is 4.81. The Kier molecular flexibility index (Phi) is 3.93. The van der Waals surface area contributed by atoms with Crippen molar-refractivity contribution in [2.45, 2.75) is 13.1 Å². The Labute approximate surface area is 91.5 Å². The fourth-order valence-electron chi connectivity index (χ4n) is 1.05. The first kappa shape index (κ1) is 12.5. The van der Waals surface area contributed by atoms with Crippen LogP contribution in [-0.4, -0.2) is 18.6 Å². The van der Waals surface area contributed by atoms with E-state index in [2.05, 4.69) is 5.32 Å². The molecule has 0 saturated carbocycles. The topological polar surface area (TPSA) is 29.1 Å². The van der Waals surface area contributed by atoms with E-state index in [-0.39, 0.29) is 0 Å². The van der Waals surface area contributed by atoms with E-state index >= 15 is 0 Å². The Morgan fingerprint density at radius 1 is 1.31 bits per heavy atom. The molecular formula is C11H12F3NO. The highest BCUT2D eigenvalue weighted by Gasteiger charge is 2.35. The smallest absolute Gasteiger partial charge is 0.351 e. The molecule has 0 fully saturated rings. The fourth-order valence-corrected chi connectivity index (χ4v) is 1.05. The molecule has 1 aromatic carbocycles. The molecule has 88 valence electrons. The summed E-state index contributed by atoms with van der Waals surface area (Å²) in [5, 5.41) is 2.25. The zero-order valence-electron chi connectivity index (χ0n) is 8.71. The van der Waals surface area contributed by atoms with Crippen LogP contribution in [0.2, 0.25) is 0 Å². The van der Waals surface area contributed by atoms with E-state index < -0.39 is 24.5 Å². The molecule has 2 nitrogen and oxygen atoms in total. The molecule has 0 aliphatic carbocycles. The lowest BCUT2D eigenvalue weighted by atomic mass is 10.1. The van der Waals surface area contributed by atoms with Crippen LogP contribution in [0.25, 0.3) is 0 Å². The summed E-state index contributed by atoms with van der Waals surface area (Å²) < 4.78 is 36.5. The normalized spacial score (nSPS) is 13.2. The van der Waals surface area contributed by atoms with Gasteiger partial charge in [-0.1, -0.05) is 25.1 Å². The van der Waals surface area contributed by atoms with Crippen LogP contribution in [0.1, 0.15) is 17.3 Å². The Hall–Kier alpha value is -1.52. The third kappa shape index (κ3) is 3.56. The number of rotatable bonds is 3. The zero-order valence-corrected chi connectivity index (χ0v) is 8.71. The number of hydrogen-bond donors (Lipinski definition) is 1. The lowest BCUT2D eigenvalue weighted by Crippen LogP contribution is -2.34. The largest absolute Gasteiger partial charge is 0.393 e. The molecular weight excluding hydrogens is 219 g/mol. The summed E-state index contributed by atoms with van der Waals surface area (Å²) in [7, 11) is 0. The van der Waals surface area contributed by atoms with Gasteiger partial charge in [0.1, 0.15) is 0 Å². The summed E-state index contributed by atoms with van der Waals surface area (Å²) in [4.78, 5) is 11.4. The van der Waals surface area contributed by atoms with E-state index in [4.69, 9.17) is 0 Å². The highest BCUT2D eigenvalue weighted by Crippen LogP contribution is 2.24. The quantitative estimate of drug-likeness (QED) is 0.851. The maximum Gasteiger partial charge on any atom is 0.393 e. The lowest BCUT2D eigenvalue weighted by molar-refractivity contribution is -0.167. The molecule has 0 spiro atoms. The van der Waals surface area contributed by atoms with Gasteiger partial charge in [-0.3, -0.25) is 4.79 Å². The van der Waals surface area contributed by atoms with Gasteiger partial charge in [-0.25, -0.2) is 0 Å². The van der Waals surface area contributed by atoms with Crippen molar-refractivity contribution in [1.29, 1.82) is 0 Å². The van der Waals surface area contributed by atoms with Gasteiger partial charge in [-0.05, 0) is 12.1 Å². The number of nitrogens with one attached hydrogen (secondary N) is 1. The van der Waals surface area contributed by atoms with Crippen LogP contribution in [0.5, 0.6) is 0 Å². The van der Waals surface area contributed by atoms with Crippen molar-refractivity contribution in [3.05, 3.63) is 35.9 Å². The molecule has 1 N–H and O–H groups in total. The Balaban J connectivity index is 2.48. The molecule has 0 aromatic heterocycles. The average Bonchev–Trinajstić information content (AvgIpc) is 2.25. The molecule has 0 heterocycles. The maximum absolute atomic E-state index is 12.2. The number of halogens is 3. The second-order valence-electron chi connectivity index (χ2n) is 3.52. The number of carbonyl (C=O) groups is 1. The summed E-state index contributed by atoms with van der Waals surface area (Å²) in [6, 6.07) is 8.14. The van der Waals surface area contributed by atoms with Crippen LogP contribution >= 0.6 is 0 Å². The Morgan fingerprint density at radius 3 is 2.38 bits per heavy atom. The highest BCUT2D eigenvalue weighted by molar-refractivity contribution is 5.94. The maximum atomic E-state index is 12.2. The van der Waals surface area contributed by atoms with Gasteiger partial charge < -0.3 is 5.32 Å². The van der Waals surface area contributed by atoms with Crippen LogP contribution < -0.4 is 5.32 Å². The molecule has 0 aliphatic heterocycles. The van der Waals surface area contributed by atoms with Crippen molar-refractivity contribution in [3.63, 3.8) is 0 Å². The van der Waals surface area contributed by atoms with Gasteiger partial charge in [0.2, 0.25) is 0 Å². The number of hydrogen-bond acceptors (Lipinski definition) is 1. The summed E-state index contributed by atoms with van der Waals surface area (Å²) in [6.07, 6.45) is -4.27. The number of carbonyl (C=O) groups excluding carboxylic acids is 1. The predicted molar refractivity (Wildman–Crippen MR) is 54.0 cm³/mol. The van der Waals surface area contributed by atoms with Crippen LogP contribution in [-0.2, 0) is 0 Å². The summed E-state index contributed by atoms with van der Waals surface area (Å²) >= 11 is 0. The van der Waals surface area contributed by atoms with Crippen LogP contribution in [0.3, 0.4) is 0 Å². The standard InChI is InChI=1S/C11H12F3NO/c1-8(11(12,13)14)7-15-10(16)9-5-3-2-4-6-9/h2-6,8H,7H2,1H3,(H,15,16)/t8-/m1/s1. The molecule has 1 amide bonds. The van der Waals surface area contributed by atoms with E-state index in [9.17, 15) is 18.0 Å². The molecule has 5 heteroatoms. The van der Waals surface area contributed by atoms with Crippen molar-refractivity contribution in [1.82, 2.24) is 5.32 Å². The Bertz CT molecular complexity index is 348. The minimum atomic E-state index is -4.27. The van der Waals surface area contributed by atoms with Gasteiger partial charge in [0, 0.05) is 12.1 Å². The number of benzene rings is 1. The third-order valence-electron chi connectivity index (χ3n) is 2.16. The summed E-state index contributed by atoms with van der Waals surface area (Å²) in [5.74, 6) is -2.03. The van der Waals surface area contributed by atoms with E-state index in [1.54, 1.807) is 30.3 Å². The minimum absolute atomic E-state index is 0.358. The zero-order chi connectivity index (χ0) is 12.2. The first-order chi connectivity index (χ1) is 7.41. The predicted octanol–water partition coefficient (Wildman–Crippen LogP) is 2.61. The van der Waals surface area contributed by atoms with Crippen LogP contribution in [0.4, 0.5) is 13.2 Å². The number of amides is 1. The van der Waals surface area contributed by atoms with Gasteiger partial charge >= 0.3 is 6.18 Å². The van der Waals surface area contributed by atoms with Crippen molar-refractivity contribution in [3.8, 4) is 0 Å². The van der Waals surface area contributed by atoms with Crippen LogP contribution in [0.15, 0.2) is 30.3 Å². The number of alkyl halides is 3. The van der Waals surface area contributed by atoms with E-state index in [1.807, 2.05) is 0 Å². The third-order valence-corrected chi connectivity index (χ3v) is 2.16. The molecule has 1 rings (SSSR count). The summed E-state index contributed by atoms with van der Waals surface area (Å²) in [5.41, 5.74) is 0.358. The fraction of sp³-hybridized carbons (Fsp3) is 0.364. The van der Waals surface area contributed by atoms with Gasteiger partial charge in [0.15, 0.2) is 0 Å². The van der Waals surface area contributed by atoms with E-state index in [0.717, 1.165) is 6.92 Å². The molecule has 0 radical (unpaired) electrons. The van der Waals surface area contributed by atoms with Crippen molar-refractivity contribution in [2.24, 2.45) is 5.92 Å². The molecule has 0 unspecified atom stereocenters. The van der Waals surface area contributed by atoms with Crippen molar-refractivity contribution in [2.75, 3.05) is 6.54 Å². The lowest BCUT2D eigenvalue weighted by Gasteiger charge is -2.15. The molecule has 16 heavy (non-hydrogen) atoms. The minimum Gasteiger partial charge on any atom is -0.351 e. The van der Waals surface area contributed by atoms with Gasteiger partial charge in [0.05, 0.1) is 5.92 Å². The molecule has 1 aromatic rings. The van der Waals surface area contributed by atoms with E-state index in [1.165, 1.54) is 0 Å². The van der Waals surface area contributed by atoms with Gasteiger partial charge in [-0.2, -0.15) is 13.2 Å². The molecule has 0 aliphatic rings. The average molecular weight is 231 g/mol. The molecule has 0 saturated heterocycles. The monoisotopic (exact) mass is 231 g/mol.